The average Bonchev–Trinajstić information content (AvgIpc) is 2.27. The van der Waals surface area contributed by atoms with Crippen molar-refractivity contribution in [1.29, 1.82) is 0 Å². The molecule has 0 radical (unpaired) electrons. The number of hydrogen-bond donors (Lipinski definition) is 1. The van der Waals surface area contributed by atoms with E-state index < -0.39 is 0 Å². The maximum Gasteiger partial charge on any atom is 0.0305 e. The summed E-state index contributed by atoms with van der Waals surface area (Å²) in [7, 11) is 0. The average molecular weight is 251 g/mol. The SMILES string of the molecule is CCCC(N)c1cc(C)ccc1SCC(C)C. The molecular weight excluding hydrogens is 226 g/mol. The zero-order chi connectivity index (χ0) is 12.8. The summed E-state index contributed by atoms with van der Waals surface area (Å²) in [6, 6.07) is 6.86. The van der Waals surface area contributed by atoms with Gasteiger partial charge in [0.15, 0.2) is 0 Å². The maximum atomic E-state index is 6.27. The fraction of sp³-hybridized carbons (Fsp3) is 0.600. The first-order chi connectivity index (χ1) is 8.04. The van der Waals surface area contributed by atoms with Crippen LogP contribution >= 0.6 is 11.8 Å². The highest BCUT2D eigenvalue weighted by molar-refractivity contribution is 7.99. The summed E-state index contributed by atoms with van der Waals surface area (Å²) >= 11 is 1.94. The summed E-state index contributed by atoms with van der Waals surface area (Å²) in [6.07, 6.45) is 2.21. The minimum absolute atomic E-state index is 0.189. The quantitative estimate of drug-likeness (QED) is 0.751. The first kappa shape index (κ1) is 14.6. The molecule has 1 atom stereocenters. The van der Waals surface area contributed by atoms with E-state index in [0.717, 1.165) is 24.5 Å². The lowest BCUT2D eigenvalue weighted by Gasteiger charge is -2.17. The van der Waals surface area contributed by atoms with E-state index in [1.165, 1.54) is 16.0 Å². The molecule has 2 N–H and O–H groups in total. The summed E-state index contributed by atoms with van der Waals surface area (Å²) < 4.78 is 0. The molecule has 1 rings (SSSR count). The van der Waals surface area contributed by atoms with Crippen LogP contribution in [0.5, 0.6) is 0 Å². The van der Waals surface area contributed by atoms with Crippen molar-refractivity contribution in [2.24, 2.45) is 11.7 Å². The van der Waals surface area contributed by atoms with Gasteiger partial charge < -0.3 is 5.73 Å². The van der Waals surface area contributed by atoms with E-state index in [4.69, 9.17) is 5.73 Å². The monoisotopic (exact) mass is 251 g/mol. The third-order valence-electron chi connectivity index (χ3n) is 2.74. The molecule has 0 aliphatic rings. The minimum atomic E-state index is 0.189. The molecule has 0 aliphatic heterocycles. The highest BCUT2D eigenvalue weighted by Crippen LogP contribution is 2.30. The van der Waals surface area contributed by atoms with Gasteiger partial charge in [0.05, 0.1) is 0 Å². The van der Waals surface area contributed by atoms with E-state index in [9.17, 15) is 0 Å². The van der Waals surface area contributed by atoms with Crippen molar-refractivity contribution in [3.8, 4) is 0 Å². The summed E-state index contributed by atoms with van der Waals surface area (Å²) in [5, 5.41) is 0. The van der Waals surface area contributed by atoms with E-state index in [1.54, 1.807) is 0 Å². The number of thioether (sulfide) groups is 1. The van der Waals surface area contributed by atoms with Gasteiger partial charge in [-0.05, 0) is 30.9 Å². The van der Waals surface area contributed by atoms with Gasteiger partial charge in [-0.1, -0.05) is 44.9 Å². The van der Waals surface area contributed by atoms with Crippen LogP contribution in [-0.2, 0) is 0 Å². The van der Waals surface area contributed by atoms with Gasteiger partial charge in [-0.2, -0.15) is 0 Å². The Morgan fingerprint density at radius 3 is 2.59 bits per heavy atom. The van der Waals surface area contributed by atoms with Crippen LogP contribution in [0, 0.1) is 12.8 Å². The van der Waals surface area contributed by atoms with Gasteiger partial charge in [-0.3, -0.25) is 0 Å². The van der Waals surface area contributed by atoms with Gasteiger partial charge in [-0.25, -0.2) is 0 Å². The van der Waals surface area contributed by atoms with Crippen molar-refractivity contribution in [2.45, 2.75) is 51.5 Å². The van der Waals surface area contributed by atoms with E-state index in [0.29, 0.717) is 0 Å². The largest absolute Gasteiger partial charge is 0.324 e. The van der Waals surface area contributed by atoms with Gasteiger partial charge in [-0.15, -0.1) is 11.8 Å². The van der Waals surface area contributed by atoms with Gasteiger partial charge in [0.2, 0.25) is 0 Å². The Hall–Kier alpha value is -0.470. The Labute approximate surface area is 110 Å². The number of nitrogens with two attached hydrogens (primary N) is 1. The summed E-state index contributed by atoms with van der Waals surface area (Å²) in [4.78, 5) is 1.37. The molecule has 0 spiro atoms. The summed E-state index contributed by atoms with van der Waals surface area (Å²) in [5.74, 6) is 1.88. The molecule has 0 amide bonds. The molecule has 1 aromatic rings. The first-order valence-corrected chi connectivity index (χ1v) is 7.52. The third-order valence-corrected chi connectivity index (χ3v) is 4.25. The number of rotatable bonds is 6. The van der Waals surface area contributed by atoms with Crippen LogP contribution < -0.4 is 5.73 Å². The normalized spacial score (nSPS) is 13.1. The molecule has 1 unspecified atom stereocenters. The Morgan fingerprint density at radius 2 is 2.00 bits per heavy atom. The second-order valence-corrected chi connectivity index (χ2v) is 6.20. The fourth-order valence-corrected chi connectivity index (χ4v) is 2.87. The number of benzene rings is 1. The number of aryl methyl sites for hydroxylation is 1. The van der Waals surface area contributed by atoms with E-state index in [1.807, 2.05) is 11.8 Å². The zero-order valence-electron chi connectivity index (χ0n) is 11.5. The lowest BCUT2D eigenvalue weighted by atomic mass is 10.0. The molecule has 96 valence electrons. The van der Waals surface area contributed by atoms with Gasteiger partial charge in [0, 0.05) is 16.7 Å². The van der Waals surface area contributed by atoms with E-state index in [-0.39, 0.29) is 6.04 Å². The Morgan fingerprint density at radius 1 is 1.29 bits per heavy atom. The molecular formula is C15H25NS. The molecule has 1 aromatic carbocycles. The lowest BCUT2D eigenvalue weighted by molar-refractivity contribution is 0.628. The van der Waals surface area contributed by atoms with Crippen molar-refractivity contribution in [3.63, 3.8) is 0 Å². The summed E-state index contributed by atoms with van der Waals surface area (Å²) in [6.45, 7) is 8.84. The standard InChI is InChI=1S/C15H25NS/c1-5-6-14(16)13-9-12(4)7-8-15(13)17-10-11(2)3/h7-9,11,14H,5-6,10,16H2,1-4H3. The second kappa shape index (κ2) is 7.07. The Balaban J connectivity index is 2.87. The van der Waals surface area contributed by atoms with Crippen molar-refractivity contribution < 1.29 is 0 Å². The highest BCUT2D eigenvalue weighted by Gasteiger charge is 2.11. The first-order valence-electron chi connectivity index (χ1n) is 6.53. The van der Waals surface area contributed by atoms with Crippen LogP contribution in [0.4, 0.5) is 0 Å². The molecule has 0 fully saturated rings. The van der Waals surface area contributed by atoms with Crippen molar-refractivity contribution >= 4 is 11.8 Å². The Kier molecular flexibility index (Phi) is 6.07. The lowest BCUT2D eigenvalue weighted by Crippen LogP contribution is -2.11. The van der Waals surface area contributed by atoms with Gasteiger partial charge in [0.1, 0.15) is 0 Å². The molecule has 0 aromatic heterocycles. The van der Waals surface area contributed by atoms with E-state index >= 15 is 0 Å². The second-order valence-electron chi connectivity index (χ2n) is 5.14. The molecule has 1 nitrogen and oxygen atoms in total. The molecule has 0 saturated carbocycles. The molecule has 17 heavy (non-hydrogen) atoms. The number of hydrogen-bond acceptors (Lipinski definition) is 2. The third kappa shape index (κ3) is 4.72. The van der Waals surface area contributed by atoms with Crippen LogP contribution in [0.15, 0.2) is 23.1 Å². The highest BCUT2D eigenvalue weighted by atomic mass is 32.2. The molecule has 0 heterocycles. The zero-order valence-corrected chi connectivity index (χ0v) is 12.3. The predicted octanol–water partition coefficient (Wildman–Crippen LogP) is 4.54. The van der Waals surface area contributed by atoms with Gasteiger partial charge in [0.25, 0.3) is 0 Å². The predicted molar refractivity (Wildman–Crippen MR) is 78.6 cm³/mol. The van der Waals surface area contributed by atoms with Crippen LogP contribution in [0.3, 0.4) is 0 Å². The van der Waals surface area contributed by atoms with Crippen LogP contribution in [0.25, 0.3) is 0 Å². The van der Waals surface area contributed by atoms with Crippen molar-refractivity contribution in [2.75, 3.05) is 5.75 Å². The van der Waals surface area contributed by atoms with Crippen molar-refractivity contribution in [1.82, 2.24) is 0 Å². The smallest absolute Gasteiger partial charge is 0.0305 e. The Bertz CT molecular complexity index is 347. The maximum absolute atomic E-state index is 6.27. The van der Waals surface area contributed by atoms with Crippen LogP contribution in [-0.4, -0.2) is 5.75 Å². The van der Waals surface area contributed by atoms with Crippen LogP contribution in [0.1, 0.15) is 50.8 Å². The molecule has 0 bridgehead atoms. The van der Waals surface area contributed by atoms with E-state index in [2.05, 4.69) is 45.9 Å². The minimum Gasteiger partial charge on any atom is -0.324 e. The molecule has 0 aliphatic carbocycles. The van der Waals surface area contributed by atoms with Crippen LogP contribution in [0.2, 0.25) is 0 Å². The fourth-order valence-electron chi connectivity index (χ4n) is 1.81. The van der Waals surface area contributed by atoms with Crippen molar-refractivity contribution in [3.05, 3.63) is 29.3 Å². The summed E-state index contributed by atoms with van der Waals surface area (Å²) in [5.41, 5.74) is 8.91. The van der Waals surface area contributed by atoms with Gasteiger partial charge >= 0.3 is 0 Å². The molecule has 0 saturated heterocycles. The topological polar surface area (TPSA) is 26.0 Å². The molecule has 2 heteroatoms.